The average molecular weight is 394 g/mol. The molecule has 144 valence electrons. The van der Waals surface area contributed by atoms with E-state index in [0.29, 0.717) is 17.3 Å². The molecule has 0 atom stereocenters. The molecule has 4 heteroatoms. The molecule has 0 N–H and O–H groups in total. The molecule has 0 heterocycles. The Balaban J connectivity index is 1.89. The first-order valence-corrected chi connectivity index (χ1v) is 9.60. The highest BCUT2D eigenvalue weighted by Crippen LogP contribution is 2.26. The van der Waals surface area contributed by atoms with Gasteiger partial charge in [-0.1, -0.05) is 59.6 Å². The first-order valence-electron chi connectivity index (χ1n) is 9.22. The highest BCUT2D eigenvalue weighted by Gasteiger charge is 2.35. The van der Waals surface area contributed by atoms with Crippen molar-refractivity contribution in [2.24, 2.45) is 0 Å². The van der Waals surface area contributed by atoms with E-state index in [9.17, 15) is 4.79 Å². The fraction of sp³-hybridized carbons (Fsp3) is 0.208. The molecular formula is C24H24ClNO2. The van der Waals surface area contributed by atoms with Gasteiger partial charge >= 0.3 is 0 Å². The average Bonchev–Trinajstić information content (AvgIpc) is 2.69. The van der Waals surface area contributed by atoms with Crippen LogP contribution in [0.15, 0.2) is 78.9 Å². The Morgan fingerprint density at radius 2 is 1.54 bits per heavy atom. The number of rotatable bonds is 6. The van der Waals surface area contributed by atoms with Crippen LogP contribution >= 0.6 is 11.6 Å². The van der Waals surface area contributed by atoms with Crippen LogP contribution in [0.2, 0.25) is 5.02 Å². The molecule has 0 aliphatic carbocycles. The fourth-order valence-electron chi connectivity index (χ4n) is 2.94. The summed E-state index contributed by atoms with van der Waals surface area (Å²) in [5.74, 6) is 0.487. The van der Waals surface area contributed by atoms with Crippen molar-refractivity contribution in [3.05, 3.63) is 95.0 Å². The Kier molecular flexibility index (Phi) is 6.05. The van der Waals surface area contributed by atoms with E-state index in [-0.39, 0.29) is 5.91 Å². The molecule has 3 aromatic carbocycles. The van der Waals surface area contributed by atoms with Crippen LogP contribution in [0, 0.1) is 6.92 Å². The smallest absolute Gasteiger partial charge is 0.270 e. The Morgan fingerprint density at radius 1 is 0.929 bits per heavy atom. The van der Waals surface area contributed by atoms with E-state index in [4.69, 9.17) is 16.3 Å². The number of nitrogens with zero attached hydrogens (tertiary/aromatic N) is 1. The van der Waals surface area contributed by atoms with Crippen LogP contribution in [0.4, 0.5) is 5.69 Å². The Labute approximate surface area is 171 Å². The molecule has 3 rings (SSSR count). The Bertz CT molecular complexity index is 919. The third kappa shape index (κ3) is 4.93. The van der Waals surface area contributed by atoms with E-state index in [1.54, 1.807) is 43.0 Å². The van der Waals surface area contributed by atoms with Crippen molar-refractivity contribution in [3.63, 3.8) is 0 Å². The zero-order valence-corrected chi connectivity index (χ0v) is 17.1. The van der Waals surface area contributed by atoms with Crippen molar-refractivity contribution in [2.45, 2.75) is 32.9 Å². The summed E-state index contributed by atoms with van der Waals surface area (Å²) in [6, 6.07) is 24.9. The van der Waals surface area contributed by atoms with Gasteiger partial charge in [0, 0.05) is 10.7 Å². The van der Waals surface area contributed by atoms with Gasteiger partial charge in [0.1, 0.15) is 5.75 Å². The van der Waals surface area contributed by atoms with Gasteiger partial charge in [0.05, 0.1) is 6.54 Å². The largest absolute Gasteiger partial charge is 0.478 e. The van der Waals surface area contributed by atoms with Gasteiger partial charge < -0.3 is 9.64 Å². The molecule has 0 saturated heterocycles. The van der Waals surface area contributed by atoms with Gasteiger partial charge in [-0.2, -0.15) is 0 Å². The fourth-order valence-corrected chi connectivity index (χ4v) is 3.06. The topological polar surface area (TPSA) is 29.5 Å². The van der Waals surface area contributed by atoms with Crippen LogP contribution in [0.3, 0.4) is 0 Å². The monoisotopic (exact) mass is 393 g/mol. The number of benzene rings is 3. The number of ether oxygens (including phenoxy) is 1. The molecule has 0 aliphatic rings. The molecule has 0 unspecified atom stereocenters. The van der Waals surface area contributed by atoms with Crippen LogP contribution in [-0.4, -0.2) is 11.5 Å². The molecule has 0 spiro atoms. The molecular weight excluding hydrogens is 370 g/mol. The summed E-state index contributed by atoms with van der Waals surface area (Å²) in [5, 5.41) is 0.627. The van der Waals surface area contributed by atoms with Gasteiger partial charge in [-0.25, -0.2) is 0 Å². The Hall–Kier alpha value is -2.78. The van der Waals surface area contributed by atoms with E-state index in [2.05, 4.69) is 0 Å². The second-order valence-electron chi connectivity index (χ2n) is 7.28. The summed E-state index contributed by atoms with van der Waals surface area (Å²) in [6.07, 6.45) is 0. The quantitative estimate of drug-likeness (QED) is 0.511. The van der Waals surface area contributed by atoms with E-state index >= 15 is 0 Å². The third-order valence-electron chi connectivity index (χ3n) is 4.48. The summed E-state index contributed by atoms with van der Waals surface area (Å²) in [4.78, 5) is 15.3. The number of amides is 1. The van der Waals surface area contributed by atoms with Gasteiger partial charge in [0.2, 0.25) is 0 Å². The van der Waals surface area contributed by atoms with Crippen LogP contribution in [0.5, 0.6) is 5.75 Å². The molecule has 1 amide bonds. The molecule has 3 aromatic rings. The summed E-state index contributed by atoms with van der Waals surface area (Å²) < 4.78 is 6.03. The lowest BCUT2D eigenvalue weighted by molar-refractivity contribution is -0.131. The number of carbonyl (C=O) groups excluding carboxylic acids is 1. The number of hydrogen-bond acceptors (Lipinski definition) is 2. The summed E-state index contributed by atoms with van der Waals surface area (Å²) in [6.45, 7) is 6.07. The zero-order chi connectivity index (χ0) is 20.1. The normalized spacial score (nSPS) is 11.1. The maximum absolute atomic E-state index is 13.5. The molecule has 3 nitrogen and oxygen atoms in total. The maximum atomic E-state index is 13.5. The lowest BCUT2D eigenvalue weighted by Crippen LogP contribution is -2.48. The van der Waals surface area contributed by atoms with E-state index in [0.717, 1.165) is 16.8 Å². The molecule has 28 heavy (non-hydrogen) atoms. The summed E-state index contributed by atoms with van der Waals surface area (Å²) >= 11 is 5.95. The van der Waals surface area contributed by atoms with Crippen molar-refractivity contribution in [3.8, 4) is 5.75 Å². The van der Waals surface area contributed by atoms with Crippen molar-refractivity contribution in [1.29, 1.82) is 0 Å². The minimum Gasteiger partial charge on any atom is -0.478 e. The van der Waals surface area contributed by atoms with Crippen molar-refractivity contribution < 1.29 is 9.53 Å². The zero-order valence-electron chi connectivity index (χ0n) is 16.4. The SMILES string of the molecule is Cc1ccc(N(Cc2ccccc2)C(=O)C(C)(C)Oc2ccc(Cl)cc2)cc1. The molecule has 0 aliphatic heterocycles. The minimum atomic E-state index is -1.05. The minimum absolute atomic E-state index is 0.116. The second-order valence-corrected chi connectivity index (χ2v) is 7.72. The predicted molar refractivity (Wildman–Crippen MR) is 115 cm³/mol. The lowest BCUT2D eigenvalue weighted by Gasteiger charge is -2.32. The van der Waals surface area contributed by atoms with Crippen molar-refractivity contribution in [1.82, 2.24) is 0 Å². The van der Waals surface area contributed by atoms with Crippen LogP contribution < -0.4 is 9.64 Å². The van der Waals surface area contributed by atoms with Gasteiger partial charge in [-0.15, -0.1) is 0 Å². The maximum Gasteiger partial charge on any atom is 0.270 e. The first-order chi connectivity index (χ1) is 13.3. The second kappa shape index (κ2) is 8.49. The van der Waals surface area contributed by atoms with Gasteiger partial charge in [0.15, 0.2) is 5.60 Å². The predicted octanol–water partition coefficient (Wildman–Crippen LogP) is 6.04. The highest BCUT2D eigenvalue weighted by atomic mass is 35.5. The van der Waals surface area contributed by atoms with Crippen molar-refractivity contribution in [2.75, 3.05) is 4.90 Å². The first kappa shape index (κ1) is 20.0. The molecule has 0 radical (unpaired) electrons. The summed E-state index contributed by atoms with van der Waals surface area (Å²) in [5.41, 5.74) is 1.99. The van der Waals surface area contributed by atoms with Gasteiger partial charge in [-0.05, 0) is 62.7 Å². The standard InChI is InChI=1S/C24H24ClNO2/c1-18-9-13-21(14-10-18)26(17-19-7-5-4-6-8-19)23(27)24(2,3)28-22-15-11-20(25)12-16-22/h4-16H,17H2,1-3H3. The number of anilines is 1. The summed E-state index contributed by atoms with van der Waals surface area (Å²) in [7, 11) is 0. The molecule has 0 aromatic heterocycles. The van der Waals surface area contributed by atoms with Crippen molar-refractivity contribution >= 4 is 23.2 Å². The highest BCUT2D eigenvalue weighted by molar-refractivity contribution is 6.30. The van der Waals surface area contributed by atoms with Gasteiger partial charge in [-0.3, -0.25) is 4.79 Å². The molecule has 0 saturated carbocycles. The number of aryl methyl sites for hydroxylation is 1. The number of halogens is 1. The molecule has 0 bridgehead atoms. The number of carbonyl (C=O) groups is 1. The third-order valence-corrected chi connectivity index (χ3v) is 4.73. The van der Waals surface area contributed by atoms with Crippen LogP contribution in [0.1, 0.15) is 25.0 Å². The molecule has 0 fully saturated rings. The van der Waals surface area contributed by atoms with Crippen LogP contribution in [-0.2, 0) is 11.3 Å². The van der Waals surface area contributed by atoms with Crippen LogP contribution in [0.25, 0.3) is 0 Å². The lowest BCUT2D eigenvalue weighted by atomic mass is 10.1. The number of hydrogen-bond donors (Lipinski definition) is 0. The Morgan fingerprint density at radius 3 is 2.14 bits per heavy atom. The van der Waals surface area contributed by atoms with E-state index < -0.39 is 5.60 Å². The van der Waals surface area contributed by atoms with E-state index in [1.807, 2.05) is 61.5 Å². The van der Waals surface area contributed by atoms with Gasteiger partial charge in [0.25, 0.3) is 5.91 Å². The van der Waals surface area contributed by atoms with E-state index in [1.165, 1.54) is 0 Å².